The van der Waals surface area contributed by atoms with Crippen molar-refractivity contribution in [1.82, 2.24) is 25.6 Å². The minimum atomic E-state index is -0.821. The van der Waals surface area contributed by atoms with E-state index in [2.05, 4.69) is 20.8 Å². The fraction of sp³-hybridized carbons (Fsp3) is 0.353. The lowest BCUT2D eigenvalue weighted by Crippen LogP contribution is -2.44. The van der Waals surface area contributed by atoms with Crippen molar-refractivity contribution in [3.8, 4) is 5.69 Å². The number of rotatable bonds is 6. The number of benzene rings is 1. The quantitative estimate of drug-likeness (QED) is 0.725. The van der Waals surface area contributed by atoms with Crippen LogP contribution in [0, 0.1) is 6.92 Å². The summed E-state index contributed by atoms with van der Waals surface area (Å²) in [6.45, 7) is 4.67. The van der Waals surface area contributed by atoms with Crippen LogP contribution in [0.4, 0.5) is 4.79 Å². The third kappa shape index (κ3) is 5.78. The maximum absolute atomic E-state index is 12.1. The summed E-state index contributed by atoms with van der Waals surface area (Å²) in [7, 11) is 0. The largest absolute Gasteiger partial charge is 0.451 e. The van der Waals surface area contributed by atoms with E-state index in [9.17, 15) is 14.4 Å². The predicted molar refractivity (Wildman–Crippen MR) is 97.8 cm³/mol. The zero-order valence-electron chi connectivity index (χ0n) is 15.2. The number of halogens is 1. The van der Waals surface area contributed by atoms with Crippen molar-refractivity contribution in [3.05, 3.63) is 40.7 Å². The highest BCUT2D eigenvalue weighted by Crippen LogP contribution is 2.14. The fourth-order valence-electron chi connectivity index (χ4n) is 2.01. The maximum Gasteiger partial charge on any atom is 0.361 e. The summed E-state index contributed by atoms with van der Waals surface area (Å²) >= 11 is 5.93. The first-order valence-electron chi connectivity index (χ1n) is 8.27. The minimum absolute atomic E-state index is 0.0353. The molecule has 144 valence electrons. The van der Waals surface area contributed by atoms with Crippen molar-refractivity contribution in [2.24, 2.45) is 0 Å². The van der Waals surface area contributed by atoms with Gasteiger partial charge in [0.25, 0.3) is 5.91 Å². The molecule has 0 saturated heterocycles. The first-order valence-corrected chi connectivity index (χ1v) is 8.65. The Hall–Kier alpha value is -2.94. The van der Waals surface area contributed by atoms with Gasteiger partial charge in [0.2, 0.25) is 0 Å². The predicted octanol–water partition coefficient (Wildman–Crippen LogP) is 2.01. The zero-order valence-corrected chi connectivity index (χ0v) is 15.9. The molecule has 0 aliphatic heterocycles. The van der Waals surface area contributed by atoms with Crippen molar-refractivity contribution in [1.29, 1.82) is 0 Å². The fourth-order valence-corrected chi connectivity index (χ4v) is 2.19. The number of amides is 3. The van der Waals surface area contributed by atoms with Gasteiger partial charge in [0.15, 0.2) is 12.3 Å². The van der Waals surface area contributed by atoms with Crippen LogP contribution in [0.15, 0.2) is 24.3 Å². The molecule has 0 spiro atoms. The van der Waals surface area contributed by atoms with Gasteiger partial charge < -0.3 is 10.1 Å². The lowest BCUT2D eigenvalue weighted by atomic mass is 10.3. The molecule has 1 aromatic carbocycles. The molecule has 1 aromatic heterocycles. The summed E-state index contributed by atoms with van der Waals surface area (Å²) in [5.74, 6) is -1.57. The molecule has 27 heavy (non-hydrogen) atoms. The summed E-state index contributed by atoms with van der Waals surface area (Å²) in [5.41, 5.74) is 0.867. The van der Waals surface area contributed by atoms with Gasteiger partial charge in [-0.05, 0) is 38.5 Å². The number of nitrogens with zero attached hydrogens (tertiary/aromatic N) is 3. The molecule has 1 heterocycles. The van der Waals surface area contributed by atoms with Crippen LogP contribution in [0.3, 0.4) is 0 Å². The molecule has 0 bridgehead atoms. The number of hydrogen-bond donors (Lipinski definition) is 2. The van der Waals surface area contributed by atoms with Crippen LogP contribution in [0.5, 0.6) is 0 Å². The number of nitrogens with one attached hydrogen (secondary N) is 2. The van der Waals surface area contributed by atoms with Crippen molar-refractivity contribution in [2.45, 2.75) is 33.2 Å². The molecule has 0 unspecified atom stereocenters. The Kier molecular flexibility index (Phi) is 6.89. The van der Waals surface area contributed by atoms with Crippen LogP contribution in [-0.2, 0) is 9.53 Å². The Labute approximate surface area is 161 Å². The normalized spacial score (nSPS) is 11.6. The average Bonchev–Trinajstić information content (AvgIpc) is 3.01. The van der Waals surface area contributed by atoms with Gasteiger partial charge in [-0.15, -0.1) is 5.10 Å². The molecule has 1 atom stereocenters. The summed E-state index contributed by atoms with van der Waals surface area (Å²) in [5, 5.41) is 13.4. The van der Waals surface area contributed by atoms with E-state index in [-0.39, 0.29) is 11.7 Å². The number of carbonyl (C=O) groups excluding carboxylic acids is 3. The Balaban J connectivity index is 1.94. The molecule has 0 aliphatic carbocycles. The number of aryl methyl sites for hydroxylation is 1. The number of imide groups is 1. The molecular formula is C17H20ClN5O4. The molecule has 9 nitrogen and oxygen atoms in total. The van der Waals surface area contributed by atoms with Crippen LogP contribution in [0.1, 0.15) is 36.5 Å². The van der Waals surface area contributed by atoms with Gasteiger partial charge in [-0.2, -0.15) is 9.90 Å². The molecule has 3 amide bonds. The molecule has 0 aliphatic rings. The summed E-state index contributed by atoms with van der Waals surface area (Å²) in [6, 6.07) is 6.07. The SMILES string of the molecule is CC[C@@H](C)NC(=O)NC(=O)COC(=O)c1nn(-c2cccc(Cl)c2)nc1C. The van der Waals surface area contributed by atoms with E-state index in [1.165, 1.54) is 4.80 Å². The average molecular weight is 394 g/mol. The lowest BCUT2D eigenvalue weighted by Gasteiger charge is -2.11. The highest BCUT2D eigenvalue weighted by molar-refractivity contribution is 6.30. The summed E-state index contributed by atoms with van der Waals surface area (Å²) in [6.07, 6.45) is 0.720. The number of aromatic nitrogens is 3. The molecular weight excluding hydrogens is 374 g/mol. The second kappa shape index (κ2) is 9.13. The Morgan fingerprint density at radius 2 is 2.04 bits per heavy atom. The standard InChI is InChI=1S/C17H20ClN5O4/c1-4-10(2)19-17(26)20-14(24)9-27-16(25)15-11(3)21-23(22-15)13-7-5-6-12(18)8-13/h5-8,10H,4,9H2,1-3H3,(H2,19,20,24,26)/t10-/m1/s1. The van der Waals surface area contributed by atoms with Crippen LogP contribution >= 0.6 is 11.6 Å². The third-order valence-electron chi connectivity index (χ3n) is 3.59. The Morgan fingerprint density at radius 3 is 2.70 bits per heavy atom. The Morgan fingerprint density at radius 1 is 1.30 bits per heavy atom. The molecule has 0 fully saturated rings. The van der Waals surface area contributed by atoms with Gasteiger partial charge in [-0.3, -0.25) is 10.1 Å². The van der Waals surface area contributed by atoms with Gasteiger partial charge in [0, 0.05) is 11.1 Å². The Bertz CT molecular complexity index is 852. The van der Waals surface area contributed by atoms with E-state index < -0.39 is 24.5 Å². The molecule has 10 heteroatoms. The second-order valence-electron chi connectivity index (χ2n) is 5.81. The van der Waals surface area contributed by atoms with E-state index in [0.29, 0.717) is 16.4 Å². The number of ether oxygens (including phenoxy) is 1. The van der Waals surface area contributed by atoms with Gasteiger partial charge in [0.1, 0.15) is 0 Å². The van der Waals surface area contributed by atoms with Crippen molar-refractivity contribution < 1.29 is 19.1 Å². The minimum Gasteiger partial charge on any atom is -0.451 e. The third-order valence-corrected chi connectivity index (χ3v) is 3.83. The number of hydrogen-bond acceptors (Lipinski definition) is 6. The lowest BCUT2D eigenvalue weighted by molar-refractivity contribution is -0.123. The first-order chi connectivity index (χ1) is 12.8. The van der Waals surface area contributed by atoms with E-state index in [1.807, 2.05) is 6.92 Å². The monoisotopic (exact) mass is 393 g/mol. The van der Waals surface area contributed by atoms with Crippen LogP contribution in [-0.4, -0.2) is 45.6 Å². The van der Waals surface area contributed by atoms with Gasteiger partial charge in [-0.25, -0.2) is 9.59 Å². The van der Waals surface area contributed by atoms with E-state index in [1.54, 1.807) is 38.1 Å². The molecule has 2 rings (SSSR count). The number of carbonyl (C=O) groups is 3. The molecule has 0 saturated carbocycles. The van der Waals surface area contributed by atoms with E-state index in [4.69, 9.17) is 16.3 Å². The van der Waals surface area contributed by atoms with Gasteiger partial charge in [0.05, 0.1) is 11.4 Å². The van der Waals surface area contributed by atoms with Crippen molar-refractivity contribution >= 4 is 29.5 Å². The van der Waals surface area contributed by atoms with Gasteiger partial charge >= 0.3 is 12.0 Å². The van der Waals surface area contributed by atoms with Gasteiger partial charge in [-0.1, -0.05) is 24.6 Å². The van der Waals surface area contributed by atoms with E-state index >= 15 is 0 Å². The molecule has 0 radical (unpaired) electrons. The smallest absolute Gasteiger partial charge is 0.361 e. The first kappa shape index (κ1) is 20.4. The highest BCUT2D eigenvalue weighted by Gasteiger charge is 2.20. The van der Waals surface area contributed by atoms with Crippen LogP contribution in [0.25, 0.3) is 5.69 Å². The van der Waals surface area contributed by atoms with Crippen molar-refractivity contribution in [3.63, 3.8) is 0 Å². The maximum atomic E-state index is 12.1. The molecule has 2 aromatic rings. The second-order valence-corrected chi connectivity index (χ2v) is 6.25. The topological polar surface area (TPSA) is 115 Å². The zero-order chi connectivity index (χ0) is 20.0. The van der Waals surface area contributed by atoms with Crippen LogP contribution in [0.2, 0.25) is 5.02 Å². The van der Waals surface area contributed by atoms with Crippen LogP contribution < -0.4 is 10.6 Å². The summed E-state index contributed by atoms with van der Waals surface area (Å²) in [4.78, 5) is 36.7. The summed E-state index contributed by atoms with van der Waals surface area (Å²) < 4.78 is 4.90. The number of esters is 1. The number of urea groups is 1. The highest BCUT2D eigenvalue weighted by atomic mass is 35.5. The van der Waals surface area contributed by atoms with E-state index in [0.717, 1.165) is 6.42 Å². The van der Waals surface area contributed by atoms with Crippen molar-refractivity contribution in [2.75, 3.05) is 6.61 Å². The molecule has 2 N–H and O–H groups in total.